The van der Waals surface area contributed by atoms with E-state index >= 15 is 0 Å². The van der Waals surface area contributed by atoms with Crippen LogP contribution in [0.3, 0.4) is 0 Å². The lowest BCUT2D eigenvalue weighted by atomic mass is 9.93. The zero-order valence-corrected chi connectivity index (χ0v) is 19.9. The van der Waals surface area contributed by atoms with Crippen molar-refractivity contribution in [2.75, 3.05) is 6.26 Å². The molecule has 0 bridgehead atoms. The van der Waals surface area contributed by atoms with Gasteiger partial charge in [-0.15, -0.1) is 0 Å². The number of carboxylic acid groups (broad SMARTS) is 1. The van der Waals surface area contributed by atoms with Gasteiger partial charge in [0.2, 0.25) is 0 Å². The van der Waals surface area contributed by atoms with Crippen LogP contribution in [0.2, 0.25) is 5.02 Å². The first kappa shape index (κ1) is 25.5. The van der Waals surface area contributed by atoms with Gasteiger partial charge in [0.25, 0.3) is 0 Å². The van der Waals surface area contributed by atoms with E-state index in [4.69, 9.17) is 16.7 Å². The van der Waals surface area contributed by atoms with E-state index < -0.39 is 15.8 Å². The van der Waals surface area contributed by atoms with Crippen molar-refractivity contribution in [3.05, 3.63) is 58.9 Å². The first-order valence-electron chi connectivity index (χ1n) is 10.3. The second-order valence-corrected chi connectivity index (χ2v) is 9.57. The van der Waals surface area contributed by atoms with Crippen LogP contribution in [-0.4, -0.2) is 41.6 Å². The highest BCUT2D eigenvalue weighted by molar-refractivity contribution is 7.91. The number of carbonyl (C=O) groups is 2. The van der Waals surface area contributed by atoms with Crippen LogP contribution in [0, 0.1) is 0 Å². The molecule has 1 atom stereocenters. The number of aliphatic carboxylic acids is 1. The smallest absolute Gasteiger partial charge is 0.304 e. The molecule has 32 heavy (non-hydrogen) atoms. The minimum atomic E-state index is -3.34. The van der Waals surface area contributed by atoms with E-state index in [1.165, 1.54) is 18.5 Å². The van der Waals surface area contributed by atoms with Crippen LogP contribution in [0.25, 0.3) is 11.0 Å². The van der Waals surface area contributed by atoms with E-state index in [0.29, 0.717) is 21.6 Å². The summed E-state index contributed by atoms with van der Waals surface area (Å²) in [5.74, 6) is -0.923. The molecule has 0 saturated heterocycles. The number of rotatable bonds is 4. The van der Waals surface area contributed by atoms with Crippen molar-refractivity contribution in [1.29, 1.82) is 0 Å². The lowest BCUT2D eigenvalue weighted by Crippen LogP contribution is -2.17. The molecule has 0 amide bonds. The van der Waals surface area contributed by atoms with Crippen molar-refractivity contribution < 1.29 is 23.1 Å². The summed E-state index contributed by atoms with van der Waals surface area (Å²) in [5, 5.41) is 10.3. The maximum absolute atomic E-state index is 11.9. The maximum Gasteiger partial charge on any atom is 0.304 e. The Balaban J connectivity index is 0.000000277. The van der Waals surface area contributed by atoms with Crippen molar-refractivity contribution in [1.82, 2.24) is 9.55 Å². The van der Waals surface area contributed by atoms with E-state index in [9.17, 15) is 18.0 Å². The van der Waals surface area contributed by atoms with Gasteiger partial charge in [-0.25, -0.2) is 13.4 Å². The summed E-state index contributed by atoms with van der Waals surface area (Å²) in [6.45, 7) is 4.75. The predicted octanol–water partition coefficient (Wildman–Crippen LogP) is 4.97. The summed E-state index contributed by atoms with van der Waals surface area (Å²) >= 11 is 5.55. The zero-order chi connectivity index (χ0) is 23.9. The van der Waals surface area contributed by atoms with Crippen LogP contribution in [0.5, 0.6) is 0 Å². The number of nitrogens with zero attached hydrogens (tertiary/aromatic N) is 2. The summed E-state index contributed by atoms with van der Waals surface area (Å²) in [7, 11) is -3.34. The van der Waals surface area contributed by atoms with E-state index in [2.05, 4.69) is 4.98 Å². The number of fused-ring (bicyclic) bond motifs is 3. The minimum absolute atomic E-state index is 0.0600. The number of aryl methyl sites for hydroxylation is 1. The fraction of sp³-hybridized carbons (Fsp3) is 0.348. The summed E-state index contributed by atoms with van der Waals surface area (Å²) in [5.41, 5.74) is 2.16. The number of pyridine rings is 1. The van der Waals surface area contributed by atoms with Gasteiger partial charge in [-0.1, -0.05) is 37.6 Å². The standard InChI is InChI=1S/C14H16N2O4S.C7H5ClO.C2H6/c1-21(19,20)12-4-5-15-14-10(12)8-11-9(7-13(17)18)3-2-6-16(11)14;8-7-3-1-6(5-9)2-4-7;1-2/h4-5,8-9H,2-3,6-7H2,1H3,(H,17,18);1-5H;1-2H3. The highest BCUT2D eigenvalue weighted by Crippen LogP contribution is 2.36. The van der Waals surface area contributed by atoms with Crippen LogP contribution < -0.4 is 0 Å². The third-order valence-electron chi connectivity index (χ3n) is 4.97. The number of benzene rings is 1. The Morgan fingerprint density at radius 3 is 2.47 bits per heavy atom. The molecule has 1 N–H and O–H groups in total. The Bertz CT molecular complexity index is 1190. The summed E-state index contributed by atoms with van der Waals surface area (Å²) in [6.07, 6.45) is 5.19. The fourth-order valence-electron chi connectivity index (χ4n) is 3.64. The fourth-order valence-corrected chi connectivity index (χ4v) is 4.63. The second-order valence-electron chi connectivity index (χ2n) is 7.15. The molecular formula is C23H27ClN2O5S. The average Bonchev–Trinajstić information content (AvgIpc) is 3.15. The summed E-state index contributed by atoms with van der Waals surface area (Å²) in [6, 6.07) is 10.0. The molecule has 0 radical (unpaired) electrons. The van der Waals surface area contributed by atoms with Gasteiger partial charge in [-0.2, -0.15) is 0 Å². The van der Waals surface area contributed by atoms with Crippen molar-refractivity contribution >= 4 is 44.7 Å². The van der Waals surface area contributed by atoms with Gasteiger partial charge >= 0.3 is 5.97 Å². The van der Waals surface area contributed by atoms with Crippen molar-refractivity contribution in [3.8, 4) is 0 Å². The summed E-state index contributed by atoms with van der Waals surface area (Å²) < 4.78 is 25.7. The molecule has 0 aliphatic carbocycles. The minimum Gasteiger partial charge on any atom is -0.481 e. The Labute approximate surface area is 193 Å². The average molecular weight is 479 g/mol. The number of hydrogen-bond donors (Lipinski definition) is 1. The molecule has 9 heteroatoms. The van der Waals surface area contributed by atoms with Gasteiger partial charge in [0.15, 0.2) is 9.84 Å². The van der Waals surface area contributed by atoms with Gasteiger partial charge < -0.3 is 9.67 Å². The lowest BCUT2D eigenvalue weighted by Gasteiger charge is -2.23. The SMILES string of the molecule is CC.CS(=O)(=O)c1ccnc2c1cc1n2CCCC1CC(=O)O.O=Cc1ccc(Cl)cc1. The van der Waals surface area contributed by atoms with Crippen molar-refractivity contribution in [2.45, 2.75) is 50.5 Å². The van der Waals surface area contributed by atoms with E-state index in [1.807, 2.05) is 18.4 Å². The van der Waals surface area contributed by atoms with E-state index in [0.717, 1.165) is 31.4 Å². The Morgan fingerprint density at radius 1 is 1.25 bits per heavy atom. The molecule has 0 spiro atoms. The molecule has 3 aromatic rings. The van der Waals surface area contributed by atoms with Gasteiger partial charge in [-0.05, 0) is 37.1 Å². The van der Waals surface area contributed by atoms with Gasteiger partial charge in [0.1, 0.15) is 11.9 Å². The molecule has 0 saturated carbocycles. The zero-order valence-electron chi connectivity index (χ0n) is 18.3. The van der Waals surface area contributed by atoms with Crippen LogP contribution in [0.4, 0.5) is 0 Å². The molecule has 1 aliphatic heterocycles. The molecule has 3 heterocycles. The van der Waals surface area contributed by atoms with E-state index in [-0.39, 0.29) is 17.2 Å². The van der Waals surface area contributed by atoms with Crippen LogP contribution in [0.1, 0.15) is 55.1 Å². The number of aldehydes is 1. The largest absolute Gasteiger partial charge is 0.481 e. The third kappa shape index (κ3) is 6.17. The Kier molecular flexibility index (Phi) is 8.98. The van der Waals surface area contributed by atoms with Gasteiger partial charge in [0, 0.05) is 46.6 Å². The highest BCUT2D eigenvalue weighted by atomic mass is 35.5. The molecule has 1 aliphatic rings. The van der Waals surface area contributed by atoms with Crippen LogP contribution in [0.15, 0.2) is 47.5 Å². The number of sulfone groups is 1. The topological polar surface area (TPSA) is 106 Å². The molecule has 1 aromatic carbocycles. The maximum atomic E-state index is 11.9. The number of hydrogen-bond acceptors (Lipinski definition) is 5. The van der Waals surface area contributed by atoms with Gasteiger partial charge in [0.05, 0.1) is 11.3 Å². The molecule has 172 valence electrons. The quantitative estimate of drug-likeness (QED) is 0.530. The molecule has 0 fully saturated rings. The number of carbonyl (C=O) groups excluding carboxylic acids is 1. The normalized spacial score (nSPS) is 14.9. The first-order valence-corrected chi connectivity index (χ1v) is 12.6. The molecule has 1 unspecified atom stereocenters. The number of halogens is 1. The predicted molar refractivity (Wildman–Crippen MR) is 125 cm³/mol. The Morgan fingerprint density at radius 2 is 1.91 bits per heavy atom. The molecular weight excluding hydrogens is 452 g/mol. The van der Waals surface area contributed by atoms with E-state index in [1.54, 1.807) is 30.3 Å². The number of carboxylic acids is 1. The van der Waals surface area contributed by atoms with Crippen molar-refractivity contribution in [2.24, 2.45) is 0 Å². The number of aromatic nitrogens is 2. The molecule has 7 nitrogen and oxygen atoms in total. The molecule has 4 rings (SSSR count). The van der Waals surface area contributed by atoms with Crippen LogP contribution in [-0.2, 0) is 21.2 Å². The van der Waals surface area contributed by atoms with Crippen molar-refractivity contribution in [3.63, 3.8) is 0 Å². The Hall–Kier alpha value is -2.71. The molecule has 2 aromatic heterocycles. The second kappa shape index (κ2) is 11.2. The highest BCUT2D eigenvalue weighted by Gasteiger charge is 2.27. The van der Waals surface area contributed by atoms with Crippen LogP contribution >= 0.6 is 11.6 Å². The summed E-state index contributed by atoms with van der Waals surface area (Å²) in [4.78, 5) is 25.6. The monoisotopic (exact) mass is 478 g/mol. The lowest BCUT2D eigenvalue weighted by molar-refractivity contribution is -0.137. The van der Waals surface area contributed by atoms with Gasteiger partial charge in [-0.3, -0.25) is 9.59 Å². The third-order valence-corrected chi connectivity index (χ3v) is 6.37. The first-order chi connectivity index (χ1) is 15.2.